The smallest absolute Gasteiger partial charge is 0.387 e. The van der Waals surface area contributed by atoms with Gasteiger partial charge in [0.05, 0.1) is 0 Å². The maximum atomic E-state index is 12.9. The minimum atomic E-state index is -2.88. The first-order valence-electron chi connectivity index (χ1n) is 7.14. The second-order valence-corrected chi connectivity index (χ2v) is 5.39. The predicted molar refractivity (Wildman–Crippen MR) is 79.0 cm³/mol. The van der Waals surface area contributed by atoms with Gasteiger partial charge in [0.2, 0.25) is 5.91 Å². The number of amides is 1. The highest BCUT2D eigenvalue weighted by atomic mass is 19.3. The normalized spacial score (nSPS) is 19.5. The number of hydrogen-bond acceptors (Lipinski definition) is 2. The van der Waals surface area contributed by atoms with E-state index in [9.17, 15) is 18.0 Å². The van der Waals surface area contributed by atoms with Gasteiger partial charge in [-0.15, -0.1) is 0 Å². The third-order valence-corrected chi connectivity index (χ3v) is 3.77. The fourth-order valence-electron chi connectivity index (χ4n) is 2.52. The standard InChI is InChI=1S/C17H14F3NO2/c18-11-3-1-10(2-4-11)14-9-15(14)16(22)21-12-5-7-13(8-6-12)23-17(19)20/h1-8,14-15,17H,9H2,(H,21,22). The first-order chi connectivity index (χ1) is 11.0. The summed E-state index contributed by atoms with van der Waals surface area (Å²) in [7, 11) is 0. The van der Waals surface area contributed by atoms with Gasteiger partial charge in [0, 0.05) is 11.6 Å². The van der Waals surface area contributed by atoms with E-state index in [4.69, 9.17) is 0 Å². The summed E-state index contributed by atoms with van der Waals surface area (Å²) in [6, 6.07) is 11.9. The molecule has 120 valence electrons. The summed E-state index contributed by atoms with van der Waals surface area (Å²) in [6.07, 6.45) is 0.712. The number of benzene rings is 2. The lowest BCUT2D eigenvalue weighted by atomic mass is 10.1. The molecule has 0 bridgehead atoms. The molecule has 23 heavy (non-hydrogen) atoms. The summed E-state index contributed by atoms with van der Waals surface area (Å²) in [4.78, 5) is 12.2. The topological polar surface area (TPSA) is 38.3 Å². The zero-order valence-corrected chi connectivity index (χ0v) is 12.0. The highest BCUT2D eigenvalue weighted by molar-refractivity contribution is 5.95. The van der Waals surface area contributed by atoms with Crippen LogP contribution in [0.15, 0.2) is 48.5 Å². The molecule has 0 saturated heterocycles. The van der Waals surface area contributed by atoms with E-state index in [0.29, 0.717) is 12.1 Å². The molecule has 1 amide bonds. The molecule has 2 aromatic carbocycles. The van der Waals surface area contributed by atoms with E-state index in [0.717, 1.165) is 5.56 Å². The lowest BCUT2D eigenvalue weighted by Crippen LogP contribution is -2.14. The number of hydrogen-bond donors (Lipinski definition) is 1. The van der Waals surface area contributed by atoms with Gasteiger partial charge in [-0.05, 0) is 54.3 Å². The van der Waals surface area contributed by atoms with Gasteiger partial charge in [-0.3, -0.25) is 4.79 Å². The van der Waals surface area contributed by atoms with Crippen molar-refractivity contribution in [3.8, 4) is 5.75 Å². The Labute approximate surface area is 131 Å². The van der Waals surface area contributed by atoms with E-state index in [1.807, 2.05) is 0 Å². The number of carbonyl (C=O) groups excluding carboxylic acids is 1. The molecule has 2 aromatic rings. The zero-order valence-electron chi connectivity index (χ0n) is 12.0. The van der Waals surface area contributed by atoms with Crippen LogP contribution >= 0.6 is 0 Å². The van der Waals surface area contributed by atoms with Gasteiger partial charge in [0.25, 0.3) is 0 Å². The summed E-state index contributed by atoms with van der Waals surface area (Å²) in [5.41, 5.74) is 1.45. The molecule has 1 aliphatic carbocycles. The van der Waals surface area contributed by atoms with Gasteiger partial charge < -0.3 is 10.1 Å². The molecule has 0 heterocycles. The Hall–Kier alpha value is -2.50. The Morgan fingerprint density at radius 2 is 1.74 bits per heavy atom. The monoisotopic (exact) mass is 321 g/mol. The molecule has 2 atom stereocenters. The first kappa shape index (κ1) is 15.4. The van der Waals surface area contributed by atoms with Gasteiger partial charge in [0.15, 0.2) is 0 Å². The van der Waals surface area contributed by atoms with E-state index in [1.54, 1.807) is 12.1 Å². The van der Waals surface area contributed by atoms with E-state index in [1.165, 1.54) is 36.4 Å². The molecule has 2 unspecified atom stereocenters. The summed E-state index contributed by atoms with van der Waals surface area (Å²) >= 11 is 0. The lowest BCUT2D eigenvalue weighted by molar-refractivity contribution is -0.117. The van der Waals surface area contributed by atoms with Crippen LogP contribution in [0.5, 0.6) is 5.75 Å². The summed E-state index contributed by atoms with van der Waals surface area (Å²) in [5, 5.41) is 2.74. The Bertz CT molecular complexity index is 686. The molecule has 0 spiro atoms. The molecule has 1 saturated carbocycles. The van der Waals surface area contributed by atoms with E-state index < -0.39 is 6.61 Å². The van der Waals surface area contributed by atoms with Crippen LogP contribution in [0, 0.1) is 11.7 Å². The number of rotatable bonds is 5. The number of halogens is 3. The molecule has 3 nitrogen and oxygen atoms in total. The SMILES string of the molecule is O=C(Nc1ccc(OC(F)F)cc1)C1CC1c1ccc(F)cc1. The van der Waals surface area contributed by atoms with Gasteiger partial charge in [0.1, 0.15) is 11.6 Å². The molecular formula is C17H14F3NO2. The van der Waals surface area contributed by atoms with Crippen LogP contribution in [0.3, 0.4) is 0 Å². The van der Waals surface area contributed by atoms with Crippen molar-refractivity contribution in [2.24, 2.45) is 5.92 Å². The molecule has 1 fully saturated rings. The van der Waals surface area contributed by atoms with Crippen molar-refractivity contribution in [1.82, 2.24) is 0 Å². The maximum absolute atomic E-state index is 12.9. The molecule has 6 heteroatoms. The van der Waals surface area contributed by atoms with Crippen molar-refractivity contribution in [2.45, 2.75) is 19.0 Å². The lowest BCUT2D eigenvalue weighted by Gasteiger charge is -2.07. The van der Waals surface area contributed by atoms with Crippen molar-refractivity contribution in [3.63, 3.8) is 0 Å². The number of anilines is 1. The first-order valence-corrected chi connectivity index (χ1v) is 7.14. The fourth-order valence-corrected chi connectivity index (χ4v) is 2.52. The van der Waals surface area contributed by atoms with Crippen LogP contribution in [0.25, 0.3) is 0 Å². The number of ether oxygens (including phenoxy) is 1. The van der Waals surface area contributed by atoms with Crippen LogP contribution in [-0.4, -0.2) is 12.5 Å². The molecule has 0 radical (unpaired) electrons. The Balaban J connectivity index is 1.57. The number of alkyl halides is 2. The second-order valence-electron chi connectivity index (χ2n) is 5.39. The average molecular weight is 321 g/mol. The van der Waals surface area contributed by atoms with Crippen molar-refractivity contribution < 1.29 is 22.7 Å². The molecule has 0 aliphatic heterocycles. The van der Waals surface area contributed by atoms with Crippen LogP contribution in [0.1, 0.15) is 17.9 Å². The minimum Gasteiger partial charge on any atom is -0.435 e. The molecule has 1 aliphatic rings. The van der Waals surface area contributed by atoms with Crippen molar-refractivity contribution >= 4 is 11.6 Å². The highest BCUT2D eigenvalue weighted by Gasteiger charge is 2.43. The Kier molecular flexibility index (Phi) is 4.23. The van der Waals surface area contributed by atoms with Crippen LogP contribution in [0.2, 0.25) is 0 Å². The Morgan fingerprint density at radius 3 is 2.35 bits per heavy atom. The zero-order chi connectivity index (χ0) is 16.4. The number of carbonyl (C=O) groups is 1. The Morgan fingerprint density at radius 1 is 1.09 bits per heavy atom. The molecule has 0 aromatic heterocycles. The average Bonchev–Trinajstić information content (AvgIpc) is 3.30. The van der Waals surface area contributed by atoms with Gasteiger partial charge in [-0.1, -0.05) is 12.1 Å². The predicted octanol–water partition coefficient (Wildman–Crippen LogP) is 4.17. The van der Waals surface area contributed by atoms with E-state index >= 15 is 0 Å². The minimum absolute atomic E-state index is 0.0357. The van der Waals surface area contributed by atoms with Crippen molar-refractivity contribution in [3.05, 3.63) is 59.9 Å². The summed E-state index contributed by atoms with van der Waals surface area (Å²) in [5.74, 6) is -0.466. The van der Waals surface area contributed by atoms with Crippen LogP contribution in [-0.2, 0) is 4.79 Å². The number of nitrogens with one attached hydrogen (secondary N) is 1. The van der Waals surface area contributed by atoms with Crippen molar-refractivity contribution in [1.29, 1.82) is 0 Å². The molecular weight excluding hydrogens is 307 g/mol. The summed E-state index contributed by atoms with van der Waals surface area (Å²) in [6.45, 7) is -2.88. The van der Waals surface area contributed by atoms with Crippen molar-refractivity contribution in [2.75, 3.05) is 5.32 Å². The largest absolute Gasteiger partial charge is 0.435 e. The van der Waals surface area contributed by atoms with Crippen LogP contribution in [0.4, 0.5) is 18.9 Å². The summed E-state index contributed by atoms with van der Waals surface area (Å²) < 4.78 is 41.2. The van der Waals surface area contributed by atoms with Gasteiger partial charge in [-0.25, -0.2) is 4.39 Å². The quantitative estimate of drug-likeness (QED) is 0.897. The highest BCUT2D eigenvalue weighted by Crippen LogP contribution is 2.48. The van der Waals surface area contributed by atoms with Gasteiger partial charge >= 0.3 is 6.61 Å². The second kappa shape index (κ2) is 6.32. The maximum Gasteiger partial charge on any atom is 0.387 e. The van der Waals surface area contributed by atoms with E-state index in [2.05, 4.69) is 10.1 Å². The third kappa shape index (κ3) is 3.83. The third-order valence-electron chi connectivity index (χ3n) is 3.77. The van der Waals surface area contributed by atoms with Crippen LogP contribution < -0.4 is 10.1 Å². The molecule has 3 rings (SSSR count). The fraction of sp³-hybridized carbons (Fsp3) is 0.235. The molecule has 1 N–H and O–H groups in total. The van der Waals surface area contributed by atoms with E-state index in [-0.39, 0.29) is 29.3 Å². The van der Waals surface area contributed by atoms with Gasteiger partial charge in [-0.2, -0.15) is 8.78 Å².